The molecule has 1 saturated heterocycles. The van der Waals surface area contributed by atoms with Gasteiger partial charge in [-0.2, -0.15) is 0 Å². The molecule has 1 fully saturated rings. The van der Waals surface area contributed by atoms with Crippen molar-refractivity contribution in [3.63, 3.8) is 0 Å². The molecular weight excluding hydrogens is 292 g/mol. The van der Waals surface area contributed by atoms with Crippen LogP contribution < -0.4 is 0 Å². The first-order valence-corrected chi connectivity index (χ1v) is 7.21. The van der Waals surface area contributed by atoms with Crippen molar-refractivity contribution in [2.24, 2.45) is 0 Å². The van der Waals surface area contributed by atoms with E-state index in [1.54, 1.807) is 29.8 Å². The quantitative estimate of drug-likeness (QED) is 0.631. The van der Waals surface area contributed by atoms with E-state index in [0.29, 0.717) is 16.8 Å². The van der Waals surface area contributed by atoms with E-state index < -0.39 is 12.0 Å². The average Bonchev–Trinajstić information content (AvgIpc) is 2.51. The van der Waals surface area contributed by atoms with Crippen LogP contribution in [0.2, 0.25) is 0 Å². The van der Waals surface area contributed by atoms with E-state index in [-0.39, 0.29) is 17.9 Å². The highest BCUT2D eigenvalue weighted by molar-refractivity contribution is 8.03. The number of carbonyl (C=O) groups excluding carboxylic acids is 1. The standard InChI is InChI=1S/C14H12N2O4S/c17-6-8-7-21-13-10(5-9-3-1-2-4-15-9)12(18)16(13)11(8)14(19)20/h1-5,7,11,13,17H,6H2,(H,19,20)/b10-5-/t11?,13-/m0/s1. The molecule has 6 nitrogen and oxygen atoms in total. The number of hydrogen-bond donors (Lipinski definition) is 2. The fourth-order valence-corrected chi connectivity index (χ4v) is 3.56. The number of aliphatic hydroxyl groups excluding tert-OH is 1. The second-order valence-electron chi connectivity index (χ2n) is 4.65. The number of amides is 1. The van der Waals surface area contributed by atoms with Crippen molar-refractivity contribution in [1.29, 1.82) is 0 Å². The molecule has 0 bridgehead atoms. The monoisotopic (exact) mass is 304 g/mol. The second-order valence-corrected chi connectivity index (χ2v) is 5.60. The maximum atomic E-state index is 12.2. The molecule has 0 aliphatic carbocycles. The number of carboxylic acids is 1. The van der Waals surface area contributed by atoms with E-state index >= 15 is 0 Å². The van der Waals surface area contributed by atoms with Gasteiger partial charge in [-0.25, -0.2) is 4.79 Å². The molecule has 0 saturated carbocycles. The van der Waals surface area contributed by atoms with Gasteiger partial charge in [0.25, 0.3) is 5.91 Å². The zero-order valence-electron chi connectivity index (χ0n) is 10.8. The number of fused-ring (bicyclic) bond motifs is 1. The SMILES string of the molecule is O=C(O)C1C(CO)=CS[C@H]2/C(=C\c3ccccn3)C(=O)N12. The van der Waals surface area contributed by atoms with Gasteiger partial charge >= 0.3 is 5.97 Å². The lowest BCUT2D eigenvalue weighted by atomic mass is 9.97. The van der Waals surface area contributed by atoms with E-state index in [2.05, 4.69) is 4.98 Å². The minimum Gasteiger partial charge on any atom is -0.479 e. The summed E-state index contributed by atoms with van der Waals surface area (Å²) in [6.07, 6.45) is 3.30. The number of aliphatic hydroxyl groups is 1. The second kappa shape index (κ2) is 5.34. The number of aliphatic carboxylic acids is 1. The van der Waals surface area contributed by atoms with Gasteiger partial charge in [-0.1, -0.05) is 6.07 Å². The summed E-state index contributed by atoms with van der Waals surface area (Å²) >= 11 is 1.32. The van der Waals surface area contributed by atoms with Gasteiger partial charge in [0.05, 0.1) is 17.9 Å². The Morgan fingerprint density at radius 2 is 2.29 bits per heavy atom. The van der Waals surface area contributed by atoms with Crippen LogP contribution in [0, 0.1) is 0 Å². The number of aromatic nitrogens is 1. The summed E-state index contributed by atoms with van der Waals surface area (Å²) in [7, 11) is 0. The Kier molecular flexibility index (Phi) is 3.52. The summed E-state index contributed by atoms with van der Waals surface area (Å²) < 4.78 is 0. The Morgan fingerprint density at radius 1 is 1.48 bits per heavy atom. The van der Waals surface area contributed by atoms with E-state index in [1.807, 2.05) is 6.07 Å². The number of rotatable bonds is 3. The molecule has 2 aliphatic rings. The molecule has 0 spiro atoms. The molecule has 0 aromatic carbocycles. The van der Waals surface area contributed by atoms with Crippen molar-refractivity contribution in [2.45, 2.75) is 11.4 Å². The lowest BCUT2D eigenvalue weighted by Gasteiger charge is -2.47. The summed E-state index contributed by atoms with van der Waals surface area (Å²) in [5, 5.41) is 19.8. The predicted octanol–water partition coefficient (Wildman–Crippen LogP) is 0.710. The minimum atomic E-state index is -1.13. The van der Waals surface area contributed by atoms with Crippen LogP contribution in [0.1, 0.15) is 5.69 Å². The van der Waals surface area contributed by atoms with E-state index in [0.717, 1.165) is 0 Å². The van der Waals surface area contributed by atoms with Gasteiger partial charge in [-0.15, -0.1) is 11.8 Å². The molecule has 21 heavy (non-hydrogen) atoms. The third-order valence-corrected chi connectivity index (χ3v) is 4.56. The summed E-state index contributed by atoms with van der Waals surface area (Å²) in [5.74, 6) is -1.46. The van der Waals surface area contributed by atoms with Gasteiger partial charge in [0, 0.05) is 6.20 Å². The Hall–Kier alpha value is -2.12. The van der Waals surface area contributed by atoms with Gasteiger partial charge in [0.2, 0.25) is 0 Å². The normalized spacial score (nSPS) is 26.1. The number of hydrogen-bond acceptors (Lipinski definition) is 5. The average molecular weight is 304 g/mol. The maximum Gasteiger partial charge on any atom is 0.330 e. The zero-order valence-corrected chi connectivity index (χ0v) is 11.7. The number of carboxylic acid groups (broad SMARTS) is 1. The maximum absolute atomic E-state index is 12.2. The highest BCUT2D eigenvalue weighted by Gasteiger charge is 2.51. The molecule has 1 aromatic heterocycles. The van der Waals surface area contributed by atoms with Gasteiger partial charge < -0.3 is 15.1 Å². The van der Waals surface area contributed by atoms with E-state index in [1.165, 1.54) is 16.7 Å². The first-order valence-electron chi connectivity index (χ1n) is 6.27. The van der Waals surface area contributed by atoms with Crippen LogP contribution in [-0.4, -0.2) is 50.0 Å². The summed E-state index contributed by atoms with van der Waals surface area (Å²) in [4.78, 5) is 29.0. The molecule has 108 valence electrons. The van der Waals surface area contributed by atoms with Crippen LogP contribution in [-0.2, 0) is 9.59 Å². The van der Waals surface area contributed by atoms with Crippen molar-refractivity contribution in [2.75, 3.05) is 6.61 Å². The lowest BCUT2D eigenvalue weighted by molar-refractivity contribution is -0.151. The zero-order chi connectivity index (χ0) is 15.0. The topological polar surface area (TPSA) is 90.7 Å². The Labute approximate surface area is 124 Å². The minimum absolute atomic E-state index is 0.328. The van der Waals surface area contributed by atoms with Gasteiger partial charge in [-0.05, 0) is 29.2 Å². The van der Waals surface area contributed by atoms with E-state index in [4.69, 9.17) is 0 Å². The summed E-state index contributed by atoms with van der Waals surface area (Å²) in [6.45, 7) is -0.375. The fraction of sp³-hybridized carbons (Fsp3) is 0.214. The molecule has 1 aromatic rings. The van der Waals surface area contributed by atoms with Crippen LogP contribution in [0.15, 0.2) is 41.0 Å². The molecular formula is C14H12N2O4S. The number of thioether (sulfide) groups is 1. The number of β-lactam (4-membered cyclic amide) rings is 1. The third-order valence-electron chi connectivity index (χ3n) is 3.39. The Morgan fingerprint density at radius 3 is 2.90 bits per heavy atom. The van der Waals surface area contributed by atoms with Crippen LogP contribution in [0.4, 0.5) is 0 Å². The largest absolute Gasteiger partial charge is 0.479 e. The van der Waals surface area contributed by atoms with Gasteiger partial charge in [0.15, 0.2) is 6.04 Å². The first kappa shape index (κ1) is 13.8. The van der Waals surface area contributed by atoms with Crippen molar-refractivity contribution >= 4 is 29.7 Å². The van der Waals surface area contributed by atoms with Crippen LogP contribution in [0.25, 0.3) is 6.08 Å². The van der Waals surface area contributed by atoms with Crippen molar-refractivity contribution in [3.05, 3.63) is 46.6 Å². The Bertz CT molecular complexity index is 656. The number of pyridine rings is 1. The van der Waals surface area contributed by atoms with Crippen molar-refractivity contribution in [1.82, 2.24) is 9.88 Å². The molecule has 0 radical (unpaired) electrons. The molecule has 3 rings (SSSR count). The third kappa shape index (κ3) is 2.24. The predicted molar refractivity (Wildman–Crippen MR) is 77.0 cm³/mol. The highest BCUT2D eigenvalue weighted by atomic mass is 32.2. The molecule has 3 heterocycles. The van der Waals surface area contributed by atoms with Crippen LogP contribution >= 0.6 is 11.8 Å². The number of nitrogens with zero attached hydrogens (tertiary/aromatic N) is 2. The van der Waals surface area contributed by atoms with Gasteiger partial charge in [0.1, 0.15) is 5.37 Å². The molecule has 2 N–H and O–H groups in total. The highest BCUT2D eigenvalue weighted by Crippen LogP contribution is 2.43. The summed E-state index contributed by atoms with van der Waals surface area (Å²) in [5.41, 5.74) is 1.51. The molecule has 1 unspecified atom stereocenters. The Balaban J connectivity index is 1.92. The first-order chi connectivity index (χ1) is 10.1. The molecule has 2 atom stereocenters. The van der Waals surface area contributed by atoms with E-state index in [9.17, 15) is 19.8 Å². The molecule has 1 amide bonds. The molecule has 2 aliphatic heterocycles. The van der Waals surface area contributed by atoms with Gasteiger partial charge in [-0.3, -0.25) is 9.78 Å². The lowest BCUT2D eigenvalue weighted by Crippen LogP contribution is -2.62. The van der Waals surface area contributed by atoms with Crippen LogP contribution in [0.5, 0.6) is 0 Å². The fourth-order valence-electron chi connectivity index (χ4n) is 2.39. The van der Waals surface area contributed by atoms with Crippen molar-refractivity contribution in [3.8, 4) is 0 Å². The van der Waals surface area contributed by atoms with Crippen LogP contribution in [0.3, 0.4) is 0 Å². The summed E-state index contributed by atoms with van der Waals surface area (Å²) in [6, 6.07) is 4.29. The van der Waals surface area contributed by atoms with Crippen molar-refractivity contribution < 1.29 is 19.8 Å². The number of carbonyl (C=O) groups is 2. The smallest absolute Gasteiger partial charge is 0.330 e. The molecule has 7 heteroatoms.